The Morgan fingerprint density at radius 3 is 2.68 bits per heavy atom. The van der Waals surface area contributed by atoms with Crippen LogP contribution in [0.25, 0.3) is 11.0 Å². The van der Waals surface area contributed by atoms with Gasteiger partial charge in [0.15, 0.2) is 5.43 Å². The van der Waals surface area contributed by atoms with Crippen molar-refractivity contribution >= 4 is 16.9 Å². The summed E-state index contributed by atoms with van der Waals surface area (Å²) in [4.78, 5) is 27.5. The van der Waals surface area contributed by atoms with E-state index in [1.807, 2.05) is 0 Å². The Morgan fingerprint density at radius 1 is 1.14 bits per heavy atom. The SMILES string of the molecule is COCCCN1C(=O)c2oc3ccc(F)cc3c(=O)c2C1c1ccccc1F. The van der Waals surface area contributed by atoms with Crippen molar-refractivity contribution in [3.05, 3.63) is 81.2 Å². The van der Waals surface area contributed by atoms with Gasteiger partial charge in [-0.05, 0) is 30.7 Å². The summed E-state index contributed by atoms with van der Waals surface area (Å²) in [7, 11) is 1.54. The summed E-state index contributed by atoms with van der Waals surface area (Å²) >= 11 is 0. The van der Waals surface area contributed by atoms with Gasteiger partial charge in [-0.25, -0.2) is 8.78 Å². The molecule has 5 nitrogen and oxygen atoms in total. The number of carbonyl (C=O) groups excluding carboxylic acids is 1. The highest BCUT2D eigenvalue weighted by Gasteiger charge is 2.43. The molecule has 1 atom stereocenters. The van der Waals surface area contributed by atoms with Gasteiger partial charge in [-0.2, -0.15) is 0 Å². The molecule has 1 aliphatic rings. The van der Waals surface area contributed by atoms with Crippen LogP contribution in [0.1, 0.15) is 34.1 Å². The third kappa shape index (κ3) is 2.88. The maximum atomic E-state index is 14.6. The van der Waals surface area contributed by atoms with Crippen molar-refractivity contribution < 1.29 is 22.7 Å². The van der Waals surface area contributed by atoms with Crippen LogP contribution in [0.4, 0.5) is 8.78 Å². The lowest BCUT2D eigenvalue weighted by Crippen LogP contribution is -2.31. The second-order valence-electron chi connectivity index (χ2n) is 6.58. The van der Waals surface area contributed by atoms with Crippen molar-refractivity contribution in [1.82, 2.24) is 4.90 Å². The molecule has 0 saturated carbocycles. The van der Waals surface area contributed by atoms with Crippen molar-refractivity contribution in [2.24, 2.45) is 0 Å². The fourth-order valence-electron chi connectivity index (χ4n) is 3.62. The van der Waals surface area contributed by atoms with Gasteiger partial charge < -0.3 is 14.1 Å². The molecule has 0 bridgehead atoms. The Balaban J connectivity index is 1.95. The summed E-state index contributed by atoms with van der Waals surface area (Å²) in [6.07, 6.45) is 0.503. The van der Waals surface area contributed by atoms with Gasteiger partial charge in [-0.1, -0.05) is 18.2 Å². The maximum absolute atomic E-state index is 14.6. The lowest BCUT2D eigenvalue weighted by Gasteiger charge is -2.25. The molecule has 0 aliphatic carbocycles. The molecule has 144 valence electrons. The van der Waals surface area contributed by atoms with Crippen LogP contribution in [-0.2, 0) is 4.74 Å². The number of nitrogens with zero attached hydrogens (tertiary/aromatic N) is 1. The van der Waals surface area contributed by atoms with E-state index in [1.54, 1.807) is 13.2 Å². The number of carbonyl (C=O) groups is 1. The topological polar surface area (TPSA) is 59.8 Å². The molecule has 1 amide bonds. The maximum Gasteiger partial charge on any atom is 0.290 e. The van der Waals surface area contributed by atoms with E-state index >= 15 is 0 Å². The molecular weight excluding hydrogens is 368 g/mol. The summed E-state index contributed by atoms with van der Waals surface area (Å²) in [5.74, 6) is -1.76. The second-order valence-corrected chi connectivity index (χ2v) is 6.58. The highest BCUT2D eigenvalue weighted by Crippen LogP contribution is 2.39. The number of rotatable bonds is 5. The van der Waals surface area contributed by atoms with Gasteiger partial charge in [0, 0.05) is 25.8 Å². The molecule has 3 aromatic rings. The molecule has 0 fully saturated rings. The van der Waals surface area contributed by atoms with Crippen molar-refractivity contribution in [2.45, 2.75) is 12.5 Å². The lowest BCUT2D eigenvalue weighted by atomic mass is 9.98. The van der Waals surface area contributed by atoms with Crippen LogP contribution < -0.4 is 5.43 Å². The molecular formula is C21H17F2NO4. The zero-order chi connectivity index (χ0) is 19.8. The number of methoxy groups -OCH3 is 1. The zero-order valence-corrected chi connectivity index (χ0v) is 15.1. The molecule has 4 rings (SSSR count). The average molecular weight is 385 g/mol. The molecule has 0 N–H and O–H groups in total. The summed E-state index contributed by atoms with van der Waals surface area (Å²) < 4.78 is 39.0. The van der Waals surface area contributed by atoms with Crippen molar-refractivity contribution in [3.63, 3.8) is 0 Å². The Kier molecular flexibility index (Phi) is 4.68. The fraction of sp³-hybridized carbons (Fsp3) is 0.238. The van der Waals surface area contributed by atoms with Gasteiger partial charge >= 0.3 is 0 Å². The molecule has 1 unspecified atom stereocenters. The molecule has 0 radical (unpaired) electrons. The van der Waals surface area contributed by atoms with Gasteiger partial charge in [-0.3, -0.25) is 9.59 Å². The molecule has 0 saturated heterocycles. The van der Waals surface area contributed by atoms with Crippen LogP contribution in [0.2, 0.25) is 0 Å². The van der Waals surface area contributed by atoms with E-state index in [2.05, 4.69) is 0 Å². The van der Waals surface area contributed by atoms with Crippen LogP contribution in [0, 0.1) is 11.6 Å². The number of halogens is 2. The van der Waals surface area contributed by atoms with E-state index in [1.165, 1.54) is 29.2 Å². The first-order valence-electron chi connectivity index (χ1n) is 8.83. The van der Waals surface area contributed by atoms with Crippen LogP contribution in [0.5, 0.6) is 0 Å². The van der Waals surface area contributed by atoms with Gasteiger partial charge in [-0.15, -0.1) is 0 Å². The van der Waals surface area contributed by atoms with Crippen molar-refractivity contribution in [1.29, 1.82) is 0 Å². The van der Waals surface area contributed by atoms with Gasteiger partial charge in [0.05, 0.1) is 17.0 Å². The third-order valence-corrected chi connectivity index (χ3v) is 4.88. The van der Waals surface area contributed by atoms with Gasteiger partial charge in [0.2, 0.25) is 5.76 Å². The highest BCUT2D eigenvalue weighted by molar-refractivity contribution is 5.99. The first-order chi connectivity index (χ1) is 13.5. The van der Waals surface area contributed by atoms with Crippen LogP contribution in [-0.4, -0.2) is 31.1 Å². The van der Waals surface area contributed by atoms with Gasteiger partial charge in [0.25, 0.3) is 5.91 Å². The lowest BCUT2D eigenvalue weighted by molar-refractivity contribution is 0.0706. The van der Waals surface area contributed by atoms with Crippen LogP contribution in [0.3, 0.4) is 0 Å². The smallest absolute Gasteiger partial charge is 0.290 e. The quantitative estimate of drug-likeness (QED) is 0.629. The minimum atomic E-state index is -0.940. The highest BCUT2D eigenvalue weighted by atomic mass is 19.1. The van der Waals surface area contributed by atoms with E-state index in [-0.39, 0.29) is 34.4 Å². The summed E-state index contributed by atoms with van der Waals surface area (Å²) in [6, 6.07) is 8.56. The van der Waals surface area contributed by atoms with Gasteiger partial charge in [0.1, 0.15) is 17.2 Å². The van der Waals surface area contributed by atoms with E-state index in [4.69, 9.17) is 9.15 Å². The third-order valence-electron chi connectivity index (χ3n) is 4.88. The molecule has 7 heteroatoms. The molecule has 1 aromatic heterocycles. The van der Waals surface area contributed by atoms with E-state index in [0.29, 0.717) is 13.0 Å². The van der Waals surface area contributed by atoms with E-state index in [9.17, 15) is 18.4 Å². The average Bonchev–Trinajstić information content (AvgIpc) is 2.96. The van der Waals surface area contributed by atoms with Crippen LogP contribution >= 0.6 is 0 Å². The Morgan fingerprint density at radius 2 is 1.93 bits per heavy atom. The molecule has 2 heterocycles. The van der Waals surface area contributed by atoms with Crippen LogP contribution in [0.15, 0.2) is 51.7 Å². The summed E-state index contributed by atoms with van der Waals surface area (Å²) in [5, 5.41) is 0.0200. The Labute approximate surface area is 159 Å². The van der Waals surface area contributed by atoms with E-state index < -0.39 is 29.0 Å². The minimum Gasteiger partial charge on any atom is -0.450 e. The molecule has 2 aromatic carbocycles. The fourth-order valence-corrected chi connectivity index (χ4v) is 3.62. The number of amides is 1. The summed E-state index contributed by atoms with van der Waals surface area (Å²) in [5.41, 5.74) is -0.197. The number of hydrogen-bond donors (Lipinski definition) is 0. The van der Waals surface area contributed by atoms with Crippen molar-refractivity contribution in [2.75, 3.05) is 20.3 Å². The predicted octanol–water partition coefficient (Wildman–Crippen LogP) is 3.65. The Bertz CT molecular complexity index is 1130. The Hall–Kier alpha value is -3.06. The number of fused-ring (bicyclic) bond motifs is 2. The molecule has 1 aliphatic heterocycles. The summed E-state index contributed by atoms with van der Waals surface area (Å²) in [6.45, 7) is 0.651. The van der Waals surface area contributed by atoms with E-state index in [0.717, 1.165) is 12.1 Å². The predicted molar refractivity (Wildman–Crippen MR) is 98.2 cm³/mol. The first kappa shape index (κ1) is 18.3. The second kappa shape index (κ2) is 7.16. The minimum absolute atomic E-state index is 0.0200. The molecule has 28 heavy (non-hydrogen) atoms. The molecule has 0 spiro atoms. The standard InChI is InChI=1S/C21H17F2NO4/c1-27-10-4-9-24-18(13-5-2-3-6-15(13)23)17-19(25)14-11-12(22)7-8-16(14)28-20(17)21(24)26/h2-3,5-8,11,18H,4,9-10H2,1H3. The first-order valence-corrected chi connectivity index (χ1v) is 8.83. The monoisotopic (exact) mass is 385 g/mol. The zero-order valence-electron chi connectivity index (χ0n) is 15.1. The largest absolute Gasteiger partial charge is 0.450 e. The number of benzene rings is 2. The van der Waals surface area contributed by atoms with Crippen molar-refractivity contribution in [3.8, 4) is 0 Å². The number of hydrogen-bond acceptors (Lipinski definition) is 4. The normalized spacial score (nSPS) is 16.0. The number of ether oxygens (including phenoxy) is 1.